The lowest BCUT2D eigenvalue weighted by atomic mass is 10.5. The maximum absolute atomic E-state index is 3.66. The van der Waals surface area contributed by atoms with Gasteiger partial charge in [-0.1, -0.05) is 22.2 Å². The third-order valence-corrected chi connectivity index (χ3v) is 1.25. The van der Waals surface area contributed by atoms with Gasteiger partial charge >= 0.3 is 0 Å². The maximum Gasteiger partial charge on any atom is 0.134 e. The van der Waals surface area contributed by atoms with Gasteiger partial charge in [0, 0.05) is 0 Å². The smallest absolute Gasteiger partial charge is 0.102 e. The second-order valence-electron chi connectivity index (χ2n) is 2.30. The molecule has 0 N–H and O–H groups in total. The Kier molecular flexibility index (Phi) is 4.89. The largest absolute Gasteiger partial charge is 0.134 e. The van der Waals surface area contributed by atoms with Crippen molar-refractivity contribution >= 4 is 0 Å². The zero-order chi connectivity index (χ0) is 7.98. The minimum atomic E-state index is 0.874. The van der Waals surface area contributed by atoms with E-state index in [1.54, 1.807) is 0 Å². The van der Waals surface area contributed by atoms with Crippen molar-refractivity contribution in [2.24, 2.45) is 0 Å². The summed E-state index contributed by atoms with van der Waals surface area (Å²) in [6.07, 6.45) is 3.76. The molecular weight excluding hydrogens is 124 g/mol. The molecule has 57 valence electrons. The number of hydrogen-bond acceptors (Lipinski definition) is 2. The first-order valence-corrected chi connectivity index (χ1v) is 3.36. The van der Waals surface area contributed by atoms with Gasteiger partial charge in [0.2, 0.25) is 0 Å². The molecule has 0 rings (SSSR count). The van der Waals surface area contributed by atoms with Crippen molar-refractivity contribution < 1.29 is 0 Å². The van der Waals surface area contributed by atoms with Crippen molar-refractivity contribution in [3.05, 3.63) is 25.3 Å². The highest BCUT2D eigenvalue weighted by Crippen LogP contribution is 1.87. The molecule has 0 bridgehead atoms. The summed E-state index contributed by atoms with van der Waals surface area (Å²) in [4.78, 5) is 0. The SMILES string of the molecule is C=CCN(CC=C)[N+](C)C. The van der Waals surface area contributed by atoms with Crippen LogP contribution in [0.1, 0.15) is 0 Å². The zero-order valence-electron chi connectivity index (χ0n) is 6.88. The van der Waals surface area contributed by atoms with Crippen LogP contribution in [0, 0.1) is 0 Å². The third-order valence-electron chi connectivity index (χ3n) is 1.25. The summed E-state index contributed by atoms with van der Waals surface area (Å²) in [6, 6.07) is 0. The van der Waals surface area contributed by atoms with E-state index in [-0.39, 0.29) is 0 Å². The van der Waals surface area contributed by atoms with E-state index in [2.05, 4.69) is 18.2 Å². The highest BCUT2D eigenvalue weighted by atomic mass is 15.6. The predicted octanol–water partition coefficient (Wildman–Crippen LogP) is 0.975. The van der Waals surface area contributed by atoms with E-state index in [4.69, 9.17) is 0 Å². The number of hydrogen-bond donors (Lipinski definition) is 0. The summed E-state index contributed by atoms with van der Waals surface area (Å²) < 4.78 is 0. The van der Waals surface area contributed by atoms with Crippen LogP contribution in [-0.2, 0) is 0 Å². The molecule has 1 radical (unpaired) electrons. The van der Waals surface area contributed by atoms with Crippen LogP contribution in [0.4, 0.5) is 0 Å². The van der Waals surface area contributed by atoms with Crippen molar-refractivity contribution in [2.75, 3.05) is 27.2 Å². The first-order chi connectivity index (χ1) is 4.72. The second-order valence-corrected chi connectivity index (χ2v) is 2.30. The Hall–Kier alpha value is -0.600. The molecule has 0 aliphatic heterocycles. The van der Waals surface area contributed by atoms with Gasteiger partial charge < -0.3 is 0 Å². The standard InChI is InChI=1S/C8H16N2/c1-5-7-10(8-6-2)9(3)4/h5-6H,1-2,7-8H2,3-4H3/q+1. The first kappa shape index (κ1) is 9.40. The predicted molar refractivity (Wildman–Crippen MR) is 45.9 cm³/mol. The molecule has 2 nitrogen and oxygen atoms in total. The monoisotopic (exact) mass is 140 g/mol. The lowest BCUT2D eigenvalue weighted by Crippen LogP contribution is -2.41. The molecule has 0 saturated heterocycles. The van der Waals surface area contributed by atoms with Gasteiger partial charge in [-0.25, -0.2) is 0 Å². The fourth-order valence-corrected chi connectivity index (χ4v) is 0.699. The van der Waals surface area contributed by atoms with E-state index in [1.165, 1.54) is 0 Å². The zero-order valence-corrected chi connectivity index (χ0v) is 6.88. The van der Waals surface area contributed by atoms with Gasteiger partial charge in [0.1, 0.15) is 14.1 Å². The Bertz CT molecular complexity index is 97.8. The summed E-state index contributed by atoms with van der Waals surface area (Å²) in [5.41, 5.74) is 0. The van der Waals surface area contributed by atoms with E-state index in [1.807, 2.05) is 31.3 Å². The van der Waals surface area contributed by atoms with E-state index in [0.717, 1.165) is 13.1 Å². The van der Waals surface area contributed by atoms with Crippen molar-refractivity contribution in [2.45, 2.75) is 0 Å². The summed E-state index contributed by atoms with van der Waals surface area (Å²) in [5.74, 6) is 0. The topological polar surface area (TPSA) is 9.14 Å². The van der Waals surface area contributed by atoms with Crippen molar-refractivity contribution in [1.82, 2.24) is 10.0 Å². The fourth-order valence-electron chi connectivity index (χ4n) is 0.699. The summed E-state index contributed by atoms with van der Waals surface area (Å²) in [6.45, 7) is 9.07. The number of nitrogens with zero attached hydrogens (tertiary/aromatic N) is 2. The Labute approximate surface area is 63.4 Å². The summed E-state index contributed by atoms with van der Waals surface area (Å²) >= 11 is 0. The fraction of sp³-hybridized carbons (Fsp3) is 0.500. The second kappa shape index (κ2) is 5.21. The van der Waals surface area contributed by atoms with Crippen molar-refractivity contribution in [3.8, 4) is 0 Å². The minimum absolute atomic E-state index is 0.874. The molecule has 0 aromatic rings. The van der Waals surface area contributed by atoms with Gasteiger partial charge in [-0.15, -0.1) is 13.2 Å². The van der Waals surface area contributed by atoms with Gasteiger partial charge in [-0.3, -0.25) is 0 Å². The lowest BCUT2D eigenvalue weighted by molar-refractivity contribution is 0.148. The molecule has 0 heterocycles. The maximum atomic E-state index is 3.66. The Balaban J connectivity index is 3.70. The average molecular weight is 140 g/mol. The van der Waals surface area contributed by atoms with E-state index in [9.17, 15) is 0 Å². The molecule has 0 spiro atoms. The van der Waals surface area contributed by atoms with Crippen LogP contribution in [0.5, 0.6) is 0 Å². The third kappa shape index (κ3) is 3.43. The molecule has 0 amide bonds. The minimum Gasteiger partial charge on any atom is -0.102 e. The molecule has 0 aromatic heterocycles. The van der Waals surface area contributed by atoms with Crippen LogP contribution in [-0.4, -0.2) is 32.2 Å². The van der Waals surface area contributed by atoms with Crippen LogP contribution in [0.2, 0.25) is 0 Å². The molecule has 0 aliphatic rings. The molecule has 0 saturated carbocycles. The summed E-state index contributed by atoms with van der Waals surface area (Å²) in [7, 11) is 4.01. The van der Waals surface area contributed by atoms with Crippen LogP contribution >= 0.6 is 0 Å². The van der Waals surface area contributed by atoms with Crippen LogP contribution in [0.15, 0.2) is 25.3 Å². The average Bonchev–Trinajstić information content (AvgIpc) is 1.87. The Morgan fingerprint density at radius 2 is 1.60 bits per heavy atom. The molecule has 0 atom stereocenters. The number of rotatable bonds is 5. The van der Waals surface area contributed by atoms with Crippen LogP contribution < -0.4 is 5.01 Å². The van der Waals surface area contributed by atoms with Gasteiger partial charge in [0.25, 0.3) is 0 Å². The van der Waals surface area contributed by atoms with Gasteiger partial charge in [0.05, 0.1) is 13.1 Å². The molecule has 0 fully saturated rings. The summed E-state index contributed by atoms with van der Waals surface area (Å²) in [5, 5.41) is 4.16. The van der Waals surface area contributed by atoms with Gasteiger partial charge in [-0.2, -0.15) is 0 Å². The first-order valence-electron chi connectivity index (χ1n) is 3.36. The normalized spacial score (nSPS) is 10.4. The van der Waals surface area contributed by atoms with Crippen molar-refractivity contribution in [3.63, 3.8) is 0 Å². The quantitative estimate of drug-likeness (QED) is 0.314. The number of hydrazine groups is 1. The highest BCUT2D eigenvalue weighted by Gasteiger charge is 2.10. The molecule has 0 aliphatic carbocycles. The van der Waals surface area contributed by atoms with E-state index in [0.29, 0.717) is 0 Å². The molecule has 0 aromatic carbocycles. The molecule has 0 unspecified atom stereocenters. The highest BCUT2D eigenvalue weighted by molar-refractivity contribution is 4.78. The Morgan fingerprint density at radius 3 is 1.80 bits per heavy atom. The van der Waals surface area contributed by atoms with E-state index >= 15 is 0 Å². The van der Waals surface area contributed by atoms with Gasteiger partial charge in [-0.05, 0) is 0 Å². The molecule has 2 heteroatoms. The van der Waals surface area contributed by atoms with Crippen molar-refractivity contribution in [1.29, 1.82) is 0 Å². The van der Waals surface area contributed by atoms with Gasteiger partial charge in [0.15, 0.2) is 0 Å². The lowest BCUT2D eigenvalue weighted by Gasteiger charge is -2.14. The molecular formula is C8H16N2+. The van der Waals surface area contributed by atoms with Crippen LogP contribution in [0.25, 0.3) is 0 Å². The molecule has 10 heavy (non-hydrogen) atoms. The van der Waals surface area contributed by atoms with E-state index < -0.39 is 0 Å². The van der Waals surface area contributed by atoms with Crippen LogP contribution in [0.3, 0.4) is 0 Å². The Morgan fingerprint density at radius 1 is 1.20 bits per heavy atom.